The van der Waals surface area contributed by atoms with Crippen molar-refractivity contribution in [2.24, 2.45) is 0 Å². The smallest absolute Gasteiger partial charge is 0.217 e. The Balaban J connectivity index is 2.28. The van der Waals surface area contributed by atoms with Crippen molar-refractivity contribution < 1.29 is 4.79 Å². The Bertz CT molecular complexity index is 561. The van der Waals surface area contributed by atoms with Gasteiger partial charge in [-0.05, 0) is 6.92 Å². The Morgan fingerprint density at radius 3 is 2.83 bits per heavy atom. The second kappa shape index (κ2) is 5.45. The van der Waals surface area contributed by atoms with Crippen LogP contribution in [-0.4, -0.2) is 22.9 Å². The monoisotopic (exact) mass is 282 g/mol. The fourth-order valence-electron chi connectivity index (χ4n) is 1.49. The molecule has 2 aromatic heterocycles. The maximum atomic E-state index is 11.0. The number of nitrogens with zero attached hydrogens (tertiary/aromatic N) is 2. The molecular weight excluding hydrogens is 268 g/mol. The number of hydrogen-bond donors (Lipinski definition) is 2. The van der Waals surface area contributed by atoms with Crippen LogP contribution in [0.5, 0.6) is 0 Å². The molecule has 2 heterocycles. The first kappa shape index (κ1) is 13.0. The molecule has 2 N–H and O–H groups in total. The van der Waals surface area contributed by atoms with E-state index in [1.165, 1.54) is 6.92 Å². The molecule has 0 saturated carbocycles. The standard InChI is InChI=1S/C11H14N4OS2/c1-6(16)13-4-8-10(18-7(2)14-8)9-5-17-11(12-3)15-9/h5H,4H2,1-3H3,(H,12,15)(H,13,16). The molecule has 7 heteroatoms. The van der Waals surface area contributed by atoms with Crippen LogP contribution in [-0.2, 0) is 11.3 Å². The summed E-state index contributed by atoms with van der Waals surface area (Å²) in [6, 6.07) is 0. The lowest BCUT2D eigenvalue weighted by atomic mass is 10.3. The second-order valence-corrected chi connectivity index (χ2v) is 5.77. The summed E-state index contributed by atoms with van der Waals surface area (Å²) in [6.07, 6.45) is 0. The van der Waals surface area contributed by atoms with Gasteiger partial charge in [-0.15, -0.1) is 22.7 Å². The van der Waals surface area contributed by atoms with Crippen LogP contribution in [0.15, 0.2) is 5.38 Å². The van der Waals surface area contributed by atoms with Crippen molar-refractivity contribution in [2.45, 2.75) is 20.4 Å². The van der Waals surface area contributed by atoms with Gasteiger partial charge < -0.3 is 10.6 Å². The van der Waals surface area contributed by atoms with Gasteiger partial charge in [0.1, 0.15) is 0 Å². The van der Waals surface area contributed by atoms with E-state index in [0.29, 0.717) is 6.54 Å². The zero-order valence-corrected chi connectivity index (χ0v) is 12.0. The molecule has 0 atom stereocenters. The van der Waals surface area contributed by atoms with Gasteiger partial charge in [-0.25, -0.2) is 9.97 Å². The molecule has 18 heavy (non-hydrogen) atoms. The average molecular weight is 282 g/mol. The quantitative estimate of drug-likeness (QED) is 0.902. The van der Waals surface area contributed by atoms with Crippen LogP contribution in [0.4, 0.5) is 5.13 Å². The molecule has 2 aromatic rings. The molecule has 0 bridgehead atoms. The molecule has 2 rings (SSSR count). The number of nitrogens with one attached hydrogen (secondary N) is 2. The molecule has 0 fully saturated rings. The zero-order chi connectivity index (χ0) is 13.1. The summed E-state index contributed by atoms with van der Waals surface area (Å²) in [5.74, 6) is -0.0548. The number of aryl methyl sites for hydroxylation is 1. The third-order valence-corrected chi connectivity index (χ3v) is 4.16. The largest absolute Gasteiger partial charge is 0.365 e. The van der Waals surface area contributed by atoms with E-state index in [-0.39, 0.29) is 5.91 Å². The third-order valence-electron chi connectivity index (χ3n) is 2.26. The Kier molecular flexibility index (Phi) is 3.93. The number of hydrogen-bond acceptors (Lipinski definition) is 6. The van der Waals surface area contributed by atoms with E-state index in [9.17, 15) is 4.79 Å². The van der Waals surface area contributed by atoms with Gasteiger partial charge in [0.25, 0.3) is 0 Å². The molecule has 0 saturated heterocycles. The number of thiazole rings is 2. The highest BCUT2D eigenvalue weighted by Gasteiger charge is 2.14. The molecule has 0 aromatic carbocycles. The molecule has 0 aliphatic carbocycles. The maximum absolute atomic E-state index is 11.0. The van der Waals surface area contributed by atoms with E-state index in [2.05, 4.69) is 20.6 Å². The van der Waals surface area contributed by atoms with Crippen molar-refractivity contribution in [1.82, 2.24) is 15.3 Å². The van der Waals surface area contributed by atoms with Crippen LogP contribution < -0.4 is 10.6 Å². The van der Waals surface area contributed by atoms with Crippen LogP contribution in [0.3, 0.4) is 0 Å². The summed E-state index contributed by atoms with van der Waals surface area (Å²) in [5.41, 5.74) is 1.79. The molecule has 96 valence electrons. The Morgan fingerprint density at radius 2 is 2.22 bits per heavy atom. The highest BCUT2D eigenvalue weighted by molar-refractivity contribution is 7.16. The molecule has 0 aliphatic heterocycles. The summed E-state index contributed by atoms with van der Waals surface area (Å²) >= 11 is 3.15. The van der Waals surface area contributed by atoms with Crippen LogP contribution in [0.1, 0.15) is 17.6 Å². The van der Waals surface area contributed by atoms with Crippen molar-refractivity contribution in [1.29, 1.82) is 0 Å². The van der Waals surface area contributed by atoms with Crippen molar-refractivity contribution in [3.8, 4) is 10.6 Å². The van der Waals surface area contributed by atoms with Crippen LogP contribution >= 0.6 is 22.7 Å². The number of rotatable bonds is 4. The van der Waals surface area contributed by atoms with Crippen molar-refractivity contribution in [2.75, 3.05) is 12.4 Å². The summed E-state index contributed by atoms with van der Waals surface area (Å²) in [5, 5.41) is 9.64. The summed E-state index contributed by atoms with van der Waals surface area (Å²) in [7, 11) is 1.85. The fourth-order valence-corrected chi connectivity index (χ4v) is 3.12. The van der Waals surface area contributed by atoms with Crippen molar-refractivity contribution in [3.05, 3.63) is 16.1 Å². The summed E-state index contributed by atoms with van der Waals surface area (Å²) < 4.78 is 0. The number of carbonyl (C=O) groups is 1. The predicted molar refractivity (Wildman–Crippen MR) is 75.0 cm³/mol. The minimum absolute atomic E-state index is 0.0548. The van der Waals surface area contributed by atoms with E-state index in [1.807, 2.05) is 19.4 Å². The van der Waals surface area contributed by atoms with Crippen molar-refractivity contribution >= 4 is 33.7 Å². The topological polar surface area (TPSA) is 66.9 Å². The molecule has 5 nitrogen and oxygen atoms in total. The van der Waals surface area contributed by atoms with Gasteiger partial charge >= 0.3 is 0 Å². The van der Waals surface area contributed by atoms with E-state index in [1.54, 1.807) is 22.7 Å². The predicted octanol–water partition coefficient (Wildman–Crippen LogP) is 2.25. The van der Waals surface area contributed by atoms with Gasteiger partial charge in [0, 0.05) is 19.4 Å². The lowest BCUT2D eigenvalue weighted by Gasteiger charge is -2.00. The Labute approximate surface area is 113 Å². The van der Waals surface area contributed by atoms with E-state index in [0.717, 1.165) is 26.4 Å². The number of anilines is 1. The van der Waals surface area contributed by atoms with E-state index in [4.69, 9.17) is 0 Å². The SMILES string of the molecule is CNc1nc(-c2sc(C)nc2CNC(C)=O)cs1. The molecule has 0 unspecified atom stereocenters. The normalized spacial score (nSPS) is 10.4. The lowest BCUT2D eigenvalue weighted by Crippen LogP contribution is -2.19. The Morgan fingerprint density at radius 1 is 1.44 bits per heavy atom. The summed E-state index contributed by atoms with van der Waals surface area (Å²) in [6.45, 7) is 3.90. The second-order valence-electron chi connectivity index (χ2n) is 3.71. The van der Waals surface area contributed by atoms with Crippen LogP contribution in [0, 0.1) is 6.92 Å². The number of amides is 1. The van der Waals surface area contributed by atoms with E-state index >= 15 is 0 Å². The van der Waals surface area contributed by atoms with Crippen LogP contribution in [0.25, 0.3) is 10.6 Å². The van der Waals surface area contributed by atoms with E-state index < -0.39 is 0 Å². The molecule has 0 spiro atoms. The molecular formula is C11H14N4OS2. The molecule has 0 radical (unpaired) electrons. The zero-order valence-electron chi connectivity index (χ0n) is 10.4. The fraction of sp³-hybridized carbons (Fsp3) is 0.364. The van der Waals surface area contributed by atoms with Gasteiger partial charge in [0.05, 0.1) is 27.8 Å². The third kappa shape index (κ3) is 2.85. The minimum Gasteiger partial charge on any atom is -0.365 e. The van der Waals surface area contributed by atoms with Crippen LogP contribution in [0.2, 0.25) is 0 Å². The number of aromatic nitrogens is 2. The molecule has 1 amide bonds. The van der Waals surface area contributed by atoms with Gasteiger partial charge in [-0.1, -0.05) is 0 Å². The first-order chi connectivity index (χ1) is 8.60. The van der Waals surface area contributed by atoms with Gasteiger partial charge in [0.2, 0.25) is 5.91 Å². The van der Waals surface area contributed by atoms with Gasteiger partial charge in [0.15, 0.2) is 5.13 Å². The van der Waals surface area contributed by atoms with Crippen molar-refractivity contribution in [3.63, 3.8) is 0 Å². The first-order valence-corrected chi connectivity index (χ1v) is 7.14. The highest BCUT2D eigenvalue weighted by atomic mass is 32.1. The minimum atomic E-state index is -0.0548. The average Bonchev–Trinajstić information content (AvgIpc) is 2.92. The summed E-state index contributed by atoms with van der Waals surface area (Å²) in [4.78, 5) is 20.9. The molecule has 0 aliphatic rings. The Hall–Kier alpha value is -1.47. The number of carbonyl (C=O) groups excluding carboxylic acids is 1. The lowest BCUT2D eigenvalue weighted by molar-refractivity contribution is -0.119. The van der Waals surface area contributed by atoms with Gasteiger partial charge in [-0.3, -0.25) is 4.79 Å². The highest BCUT2D eigenvalue weighted by Crippen LogP contribution is 2.32. The first-order valence-electron chi connectivity index (χ1n) is 5.44. The maximum Gasteiger partial charge on any atom is 0.217 e. The van der Waals surface area contributed by atoms with Gasteiger partial charge in [-0.2, -0.15) is 0 Å².